The number of halogens is 1. The van der Waals surface area contributed by atoms with E-state index < -0.39 is 0 Å². The molecule has 0 aromatic heterocycles. The first-order valence-corrected chi connectivity index (χ1v) is 7.62. The third kappa shape index (κ3) is 3.92. The van der Waals surface area contributed by atoms with Crippen LogP contribution in [0.3, 0.4) is 0 Å². The van der Waals surface area contributed by atoms with E-state index in [-0.39, 0.29) is 29.5 Å². The van der Waals surface area contributed by atoms with Crippen molar-refractivity contribution < 1.29 is 4.74 Å². The summed E-state index contributed by atoms with van der Waals surface area (Å²) in [4.78, 5) is 6.82. The SMILES string of the molecule is CN=C(NCCC1=CCOCC1)N1CC(C)(C)C1(C)C.I. The quantitative estimate of drug-likeness (QED) is 0.338. The van der Waals surface area contributed by atoms with Crippen LogP contribution in [0.4, 0.5) is 0 Å². The Balaban J connectivity index is 0.00000220. The fraction of sp³-hybridized carbons (Fsp3) is 0.812. The first kappa shape index (κ1) is 18.7. The van der Waals surface area contributed by atoms with Gasteiger partial charge in [-0.15, -0.1) is 24.0 Å². The number of guanidine groups is 1. The zero-order chi connectivity index (χ0) is 14.8. The van der Waals surface area contributed by atoms with Gasteiger partial charge in [-0.2, -0.15) is 0 Å². The lowest BCUT2D eigenvalue weighted by molar-refractivity contribution is -0.0666. The average molecular weight is 407 g/mol. The maximum Gasteiger partial charge on any atom is 0.194 e. The van der Waals surface area contributed by atoms with E-state index in [0.29, 0.717) is 5.41 Å². The molecular weight excluding hydrogens is 377 g/mol. The van der Waals surface area contributed by atoms with Crippen LogP contribution in [0, 0.1) is 5.41 Å². The van der Waals surface area contributed by atoms with Crippen LogP contribution in [0.15, 0.2) is 16.6 Å². The van der Waals surface area contributed by atoms with Crippen LogP contribution in [0.2, 0.25) is 0 Å². The highest BCUT2D eigenvalue weighted by Crippen LogP contribution is 2.46. The Morgan fingerprint density at radius 2 is 2.10 bits per heavy atom. The number of likely N-dealkylation sites (tertiary alicyclic amines) is 1. The van der Waals surface area contributed by atoms with Gasteiger partial charge in [-0.1, -0.05) is 25.5 Å². The van der Waals surface area contributed by atoms with Crippen molar-refractivity contribution in [1.82, 2.24) is 10.2 Å². The van der Waals surface area contributed by atoms with Crippen molar-refractivity contribution in [1.29, 1.82) is 0 Å². The Morgan fingerprint density at radius 3 is 2.57 bits per heavy atom. The number of nitrogens with one attached hydrogen (secondary N) is 1. The van der Waals surface area contributed by atoms with E-state index in [0.717, 1.165) is 45.1 Å². The van der Waals surface area contributed by atoms with Gasteiger partial charge in [0, 0.05) is 31.1 Å². The maximum atomic E-state index is 5.33. The van der Waals surface area contributed by atoms with Crippen LogP contribution in [-0.2, 0) is 4.74 Å². The summed E-state index contributed by atoms with van der Waals surface area (Å²) in [6, 6.07) is 0. The van der Waals surface area contributed by atoms with Crippen LogP contribution in [-0.4, -0.2) is 49.7 Å². The van der Waals surface area contributed by atoms with Gasteiger partial charge in [0.2, 0.25) is 0 Å². The van der Waals surface area contributed by atoms with E-state index in [2.05, 4.69) is 49.0 Å². The smallest absolute Gasteiger partial charge is 0.194 e. The molecule has 0 amide bonds. The fourth-order valence-electron chi connectivity index (χ4n) is 2.82. The molecule has 1 N–H and O–H groups in total. The predicted octanol–water partition coefficient (Wildman–Crippen LogP) is 3.04. The molecule has 0 radical (unpaired) electrons. The number of hydrogen-bond donors (Lipinski definition) is 1. The van der Waals surface area contributed by atoms with Crippen LogP contribution >= 0.6 is 24.0 Å². The molecule has 2 rings (SSSR count). The second-order valence-corrected chi connectivity index (χ2v) is 6.94. The molecule has 1 fully saturated rings. The highest BCUT2D eigenvalue weighted by atomic mass is 127. The zero-order valence-corrected chi connectivity index (χ0v) is 16.4. The monoisotopic (exact) mass is 407 g/mol. The third-order valence-corrected chi connectivity index (χ3v) is 5.14. The fourth-order valence-corrected chi connectivity index (χ4v) is 2.82. The molecule has 0 atom stereocenters. The topological polar surface area (TPSA) is 36.9 Å². The van der Waals surface area contributed by atoms with Crippen molar-refractivity contribution in [2.75, 3.05) is 33.4 Å². The summed E-state index contributed by atoms with van der Waals surface area (Å²) in [5, 5.41) is 3.51. The number of aliphatic imine (C=N–C) groups is 1. The summed E-state index contributed by atoms with van der Waals surface area (Å²) in [7, 11) is 1.87. The van der Waals surface area contributed by atoms with Crippen LogP contribution in [0.1, 0.15) is 40.5 Å². The van der Waals surface area contributed by atoms with Gasteiger partial charge < -0.3 is 15.0 Å². The predicted molar refractivity (Wildman–Crippen MR) is 99.5 cm³/mol. The molecule has 21 heavy (non-hydrogen) atoms. The normalized spacial score (nSPS) is 23.8. The summed E-state index contributed by atoms with van der Waals surface area (Å²) in [6.45, 7) is 12.9. The molecule has 2 heterocycles. The van der Waals surface area contributed by atoms with E-state index in [1.54, 1.807) is 0 Å². The number of ether oxygens (including phenoxy) is 1. The molecule has 5 heteroatoms. The van der Waals surface area contributed by atoms with E-state index in [1.165, 1.54) is 5.57 Å². The van der Waals surface area contributed by atoms with Gasteiger partial charge in [-0.25, -0.2) is 0 Å². The molecule has 0 saturated carbocycles. The highest BCUT2D eigenvalue weighted by molar-refractivity contribution is 14.0. The van der Waals surface area contributed by atoms with Gasteiger partial charge in [0.15, 0.2) is 5.96 Å². The second kappa shape index (κ2) is 7.31. The first-order valence-electron chi connectivity index (χ1n) is 7.62. The Labute approximate surface area is 146 Å². The van der Waals surface area contributed by atoms with Gasteiger partial charge in [-0.3, -0.25) is 4.99 Å². The third-order valence-electron chi connectivity index (χ3n) is 5.14. The minimum atomic E-state index is 0. The van der Waals surface area contributed by atoms with Crippen molar-refractivity contribution >= 4 is 29.9 Å². The van der Waals surface area contributed by atoms with Crippen LogP contribution in [0.5, 0.6) is 0 Å². The summed E-state index contributed by atoms with van der Waals surface area (Å²) in [5.74, 6) is 1.03. The highest BCUT2D eigenvalue weighted by Gasteiger charge is 2.53. The van der Waals surface area contributed by atoms with E-state index in [1.807, 2.05) is 7.05 Å². The Hall–Kier alpha value is -0.300. The van der Waals surface area contributed by atoms with Crippen molar-refractivity contribution in [2.24, 2.45) is 10.4 Å². The molecule has 2 aliphatic rings. The number of nitrogens with zero attached hydrogens (tertiary/aromatic N) is 2. The molecule has 2 aliphatic heterocycles. The van der Waals surface area contributed by atoms with Crippen molar-refractivity contribution in [3.8, 4) is 0 Å². The molecule has 0 unspecified atom stereocenters. The lowest BCUT2D eigenvalue weighted by Crippen LogP contribution is -2.72. The first-order chi connectivity index (χ1) is 9.38. The molecule has 0 bridgehead atoms. The average Bonchev–Trinajstić information content (AvgIpc) is 2.43. The largest absolute Gasteiger partial charge is 0.377 e. The zero-order valence-electron chi connectivity index (χ0n) is 14.0. The maximum absolute atomic E-state index is 5.33. The number of rotatable bonds is 3. The van der Waals surface area contributed by atoms with E-state index >= 15 is 0 Å². The molecule has 0 spiro atoms. The molecule has 0 aromatic rings. The summed E-state index contributed by atoms with van der Waals surface area (Å²) in [6.07, 6.45) is 4.37. The molecule has 122 valence electrons. The van der Waals surface area contributed by atoms with Crippen LogP contribution in [0.25, 0.3) is 0 Å². The van der Waals surface area contributed by atoms with Gasteiger partial charge in [-0.05, 0) is 26.7 Å². The van der Waals surface area contributed by atoms with Crippen LogP contribution < -0.4 is 5.32 Å². The van der Waals surface area contributed by atoms with Crippen molar-refractivity contribution in [2.45, 2.75) is 46.1 Å². The summed E-state index contributed by atoms with van der Waals surface area (Å²) >= 11 is 0. The molecule has 1 saturated heterocycles. The summed E-state index contributed by atoms with van der Waals surface area (Å²) in [5.41, 5.74) is 2.00. The summed E-state index contributed by atoms with van der Waals surface area (Å²) < 4.78 is 5.33. The lowest BCUT2D eigenvalue weighted by Gasteiger charge is -2.62. The second-order valence-electron chi connectivity index (χ2n) is 6.94. The molecule has 4 nitrogen and oxygen atoms in total. The van der Waals surface area contributed by atoms with E-state index in [9.17, 15) is 0 Å². The van der Waals surface area contributed by atoms with Crippen molar-refractivity contribution in [3.63, 3.8) is 0 Å². The minimum absolute atomic E-state index is 0. The molecule has 0 aromatic carbocycles. The van der Waals surface area contributed by atoms with Gasteiger partial charge in [0.05, 0.1) is 13.2 Å². The number of hydrogen-bond acceptors (Lipinski definition) is 2. The van der Waals surface area contributed by atoms with Gasteiger partial charge >= 0.3 is 0 Å². The van der Waals surface area contributed by atoms with Gasteiger partial charge in [0.25, 0.3) is 0 Å². The Morgan fingerprint density at radius 1 is 1.38 bits per heavy atom. The Bertz CT molecular complexity index is 416. The molecular formula is C16H30IN3O. The lowest BCUT2D eigenvalue weighted by atomic mass is 9.65. The van der Waals surface area contributed by atoms with Gasteiger partial charge in [0.1, 0.15) is 0 Å². The molecule has 0 aliphatic carbocycles. The van der Waals surface area contributed by atoms with E-state index in [4.69, 9.17) is 4.74 Å². The van der Waals surface area contributed by atoms with Crippen molar-refractivity contribution in [3.05, 3.63) is 11.6 Å². The minimum Gasteiger partial charge on any atom is -0.377 e. The Kier molecular flexibility index (Phi) is 6.53. The standard InChI is InChI=1S/C16H29N3O.HI/c1-15(2)12-19(16(15,3)4)14(17-5)18-9-6-13-7-10-20-11-8-13;/h7H,6,8-12H2,1-5H3,(H,17,18);1H.